The third-order valence-electron chi connectivity index (χ3n) is 2.54. The van der Waals surface area contributed by atoms with Gasteiger partial charge in [-0.05, 0) is 36.4 Å². The van der Waals surface area contributed by atoms with Crippen molar-refractivity contribution in [1.29, 1.82) is 0 Å². The topological polar surface area (TPSA) is 44.2 Å². The normalized spacial score (nSPS) is 10.0. The van der Waals surface area contributed by atoms with E-state index < -0.39 is 0 Å². The Morgan fingerprint density at radius 1 is 0.550 bits per heavy atom. The number of benzene rings is 1. The average Bonchev–Trinajstić information content (AvgIpc) is 2.51. The van der Waals surface area contributed by atoms with E-state index >= 15 is 0 Å². The van der Waals surface area contributed by atoms with Gasteiger partial charge in [-0.1, -0.05) is 12.1 Å². The Morgan fingerprint density at radius 3 is 1.35 bits per heavy atom. The third-order valence-corrected chi connectivity index (χ3v) is 2.54. The highest BCUT2D eigenvalue weighted by Crippen LogP contribution is 2.24. The number of ether oxygens (including phenoxy) is 2. The van der Waals surface area contributed by atoms with Crippen molar-refractivity contribution in [2.45, 2.75) is 0 Å². The zero-order valence-corrected chi connectivity index (χ0v) is 10.6. The highest BCUT2D eigenvalue weighted by atomic mass is 16.5. The van der Waals surface area contributed by atoms with E-state index in [0.29, 0.717) is 23.3 Å². The number of hydrogen-bond acceptors (Lipinski definition) is 4. The van der Waals surface area contributed by atoms with Crippen LogP contribution in [-0.2, 0) is 0 Å². The lowest BCUT2D eigenvalue weighted by molar-refractivity contribution is 0.450. The van der Waals surface area contributed by atoms with E-state index in [1.807, 2.05) is 48.5 Å². The van der Waals surface area contributed by atoms with Crippen molar-refractivity contribution in [3.8, 4) is 23.3 Å². The minimum absolute atomic E-state index is 0.561. The van der Waals surface area contributed by atoms with Crippen LogP contribution in [0.3, 0.4) is 0 Å². The summed E-state index contributed by atoms with van der Waals surface area (Å²) in [7, 11) is 0. The second-order valence-corrected chi connectivity index (χ2v) is 4.01. The van der Waals surface area contributed by atoms with Crippen molar-refractivity contribution in [1.82, 2.24) is 9.97 Å². The van der Waals surface area contributed by atoms with E-state index in [1.54, 1.807) is 24.5 Å². The summed E-state index contributed by atoms with van der Waals surface area (Å²) in [6, 6.07) is 18.4. The van der Waals surface area contributed by atoms with Gasteiger partial charge in [-0.25, -0.2) is 9.97 Å². The highest BCUT2D eigenvalue weighted by Gasteiger charge is 2.00. The minimum atomic E-state index is 0.561. The van der Waals surface area contributed by atoms with Gasteiger partial charge in [0.05, 0.1) is 0 Å². The van der Waals surface area contributed by atoms with Gasteiger partial charge < -0.3 is 9.47 Å². The summed E-state index contributed by atoms with van der Waals surface area (Å²) < 4.78 is 11.2. The van der Waals surface area contributed by atoms with Crippen LogP contribution in [0.4, 0.5) is 0 Å². The molecule has 1 aromatic carbocycles. The quantitative estimate of drug-likeness (QED) is 0.712. The number of aromatic nitrogens is 2. The molecular formula is C16H12N2O2. The summed E-state index contributed by atoms with van der Waals surface area (Å²) >= 11 is 0. The van der Waals surface area contributed by atoms with Crippen LogP contribution in [0.15, 0.2) is 73.1 Å². The van der Waals surface area contributed by atoms with E-state index in [-0.39, 0.29) is 0 Å². The maximum absolute atomic E-state index is 5.60. The van der Waals surface area contributed by atoms with Crippen molar-refractivity contribution in [2.75, 3.05) is 0 Å². The van der Waals surface area contributed by atoms with Crippen molar-refractivity contribution >= 4 is 0 Å². The Bertz CT molecular complexity index is 595. The number of rotatable bonds is 4. The van der Waals surface area contributed by atoms with Crippen LogP contribution in [-0.4, -0.2) is 9.97 Å². The fourth-order valence-corrected chi connectivity index (χ4v) is 1.63. The molecule has 2 heterocycles. The molecule has 4 nitrogen and oxygen atoms in total. The predicted molar refractivity (Wildman–Crippen MR) is 75.1 cm³/mol. The van der Waals surface area contributed by atoms with Crippen LogP contribution in [0.1, 0.15) is 0 Å². The van der Waals surface area contributed by atoms with E-state index in [2.05, 4.69) is 9.97 Å². The molecule has 20 heavy (non-hydrogen) atoms. The zero-order valence-electron chi connectivity index (χ0n) is 10.6. The molecule has 4 heteroatoms. The lowest BCUT2D eigenvalue weighted by Gasteiger charge is -2.06. The summed E-state index contributed by atoms with van der Waals surface area (Å²) in [6.45, 7) is 0. The molecule has 0 fully saturated rings. The molecule has 0 bridgehead atoms. The number of pyridine rings is 2. The molecular weight excluding hydrogens is 252 g/mol. The Kier molecular flexibility index (Phi) is 3.55. The molecule has 0 aliphatic carbocycles. The molecule has 0 unspecified atom stereocenters. The van der Waals surface area contributed by atoms with E-state index in [1.165, 1.54) is 0 Å². The van der Waals surface area contributed by atoms with Crippen LogP contribution in [0, 0.1) is 0 Å². The van der Waals surface area contributed by atoms with Gasteiger partial charge in [0.25, 0.3) is 0 Å². The Balaban J connectivity index is 1.69. The maximum atomic E-state index is 5.60. The van der Waals surface area contributed by atoms with Gasteiger partial charge in [-0.3, -0.25) is 0 Å². The van der Waals surface area contributed by atoms with Crippen molar-refractivity contribution < 1.29 is 9.47 Å². The average molecular weight is 264 g/mol. The molecule has 0 spiro atoms. The Morgan fingerprint density at radius 2 is 1.00 bits per heavy atom. The molecule has 0 atom stereocenters. The van der Waals surface area contributed by atoms with Crippen LogP contribution < -0.4 is 9.47 Å². The standard InChI is InChI=1S/C16H12N2O2/c1-3-11-17-15(5-1)19-13-7-9-14(10-8-13)20-16-6-2-4-12-18-16/h1-12H. The van der Waals surface area contributed by atoms with Crippen LogP contribution in [0.2, 0.25) is 0 Å². The molecule has 0 saturated carbocycles. The monoisotopic (exact) mass is 264 g/mol. The lowest BCUT2D eigenvalue weighted by atomic mass is 10.3. The zero-order chi connectivity index (χ0) is 13.6. The summed E-state index contributed by atoms with van der Waals surface area (Å²) in [4.78, 5) is 8.20. The fourth-order valence-electron chi connectivity index (χ4n) is 1.63. The molecule has 2 aromatic heterocycles. The lowest BCUT2D eigenvalue weighted by Crippen LogP contribution is -1.88. The van der Waals surface area contributed by atoms with Gasteiger partial charge in [0.2, 0.25) is 11.8 Å². The summed E-state index contributed by atoms with van der Waals surface area (Å²) in [5.41, 5.74) is 0. The van der Waals surface area contributed by atoms with Crippen molar-refractivity contribution in [3.63, 3.8) is 0 Å². The van der Waals surface area contributed by atoms with Crippen LogP contribution >= 0.6 is 0 Å². The van der Waals surface area contributed by atoms with Crippen molar-refractivity contribution in [2.24, 2.45) is 0 Å². The molecule has 3 aromatic rings. The molecule has 3 rings (SSSR count). The Labute approximate surface area is 116 Å². The first-order chi connectivity index (χ1) is 9.90. The second-order valence-electron chi connectivity index (χ2n) is 4.01. The molecule has 0 saturated heterocycles. The van der Waals surface area contributed by atoms with Gasteiger partial charge in [0.15, 0.2) is 0 Å². The molecule has 0 N–H and O–H groups in total. The summed E-state index contributed by atoms with van der Waals surface area (Å²) in [5, 5.41) is 0. The summed E-state index contributed by atoms with van der Waals surface area (Å²) in [6.07, 6.45) is 3.38. The molecule has 0 aliphatic rings. The van der Waals surface area contributed by atoms with Crippen LogP contribution in [0.5, 0.6) is 23.3 Å². The first-order valence-corrected chi connectivity index (χ1v) is 6.18. The van der Waals surface area contributed by atoms with Crippen LogP contribution in [0.25, 0.3) is 0 Å². The maximum Gasteiger partial charge on any atom is 0.219 e. The number of nitrogens with zero attached hydrogens (tertiary/aromatic N) is 2. The smallest absolute Gasteiger partial charge is 0.219 e. The first-order valence-electron chi connectivity index (χ1n) is 6.18. The van der Waals surface area contributed by atoms with Gasteiger partial charge >= 0.3 is 0 Å². The largest absolute Gasteiger partial charge is 0.439 e. The molecule has 0 radical (unpaired) electrons. The predicted octanol–water partition coefficient (Wildman–Crippen LogP) is 4.06. The van der Waals surface area contributed by atoms with E-state index in [4.69, 9.17) is 9.47 Å². The minimum Gasteiger partial charge on any atom is -0.439 e. The molecule has 0 amide bonds. The van der Waals surface area contributed by atoms with Gasteiger partial charge in [-0.2, -0.15) is 0 Å². The van der Waals surface area contributed by atoms with Crippen molar-refractivity contribution in [3.05, 3.63) is 73.1 Å². The Hall–Kier alpha value is -2.88. The van der Waals surface area contributed by atoms with Gasteiger partial charge in [-0.15, -0.1) is 0 Å². The third kappa shape index (κ3) is 3.11. The summed E-state index contributed by atoms with van der Waals surface area (Å²) in [5.74, 6) is 2.53. The first kappa shape index (κ1) is 12.2. The van der Waals surface area contributed by atoms with Gasteiger partial charge in [0, 0.05) is 24.5 Å². The van der Waals surface area contributed by atoms with E-state index in [9.17, 15) is 0 Å². The van der Waals surface area contributed by atoms with Gasteiger partial charge in [0.1, 0.15) is 11.5 Å². The molecule has 0 aliphatic heterocycles. The fraction of sp³-hybridized carbons (Fsp3) is 0. The SMILES string of the molecule is c1ccc(Oc2ccc(Oc3ccccn3)cc2)nc1. The highest BCUT2D eigenvalue weighted by molar-refractivity contribution is 5.35. The molecule has 98 valence electrons. The van der Waals surface area contributed by atoms with E-state index in [0.717, 1.165) is 0 Å². The second kappa shape index (κ2) is 5.84. The number of hydrogen-bond donors (Lipinski definition) is 0.